The first-order valence-electron chi connectivity index (χ1n) is 6.50. The van der Waals surface area contributed by atoms with Gasteiger partial charge in [0.15, 0.2) is 5.79 Å². The molecule has 2 nitrogen and oxygen atoms in total. The molecule has 2 unspecified atom stereocenters. The molecule has 18 heavy (non-hydrogen) atoms. The summed E-state index contributed by atoms with van der Waals surface area (Å²) in [5.74, 6) is 0.503. The van der Waals surface area contributed by atoms with E-state index in [-0.39, 0.29) is 6.10 Å². The SMILES string of the molecule is CC(C)Cc1ccc(C2(C)OCC(CCl)O2)cc1. The second-order valence-corrected chi connectivity index (χ2v) is 5.75. The second-order valence-electron chi connectivity index (χ2n) is 5.45. The summed E-state index contributed by atoms with van der Waals surface area (Å²) in [6.45, 7) is 6.97. The molecule has 2 atom stereocenters. The van der Waals surface area contributed by atoms with Crippen molar-refractivity contribution in [1.82, 2.24) is 0 Å². The van der Waals surface area contributed by atoms with Gasteiger partial charge in [0.2, 0.25) is 0 Å². The van der Waals surface area contributed by atoms with Crippen LogP contribution in [0.2, 0.25) is 0 Å². The molecule has 0 radical (unpaired) electrons. The Balaban J connectivity index is 2.10. The van der Waals surface area contributed by atoms with Crippen molar-refractivity contribution in [3.63, 3.8) is 0 Å². The van der Waals surface area contributed by atoms with Crippen LogP contribution in [0.1, 0.15) is 31.9 Å². The standard InChI is InChI=1S/C15H21ClO2/c1-11(2)8-12-4-6-13(7-5-12)15(3)17-10-14(9-16)18-15/h4-7,11,14H,8-10H2,1-3H3. The Morgan fingerprint density at radius 1 is 1.33 bits per heavy atom. The molecule has 0 spiro atoms. The lowest BCUT2D eigenvalue weighted by Crippen LogP contribution is -2.24. The van der Waals surface area contributed by atoms with Gasteiger partial charge in [0.05, 0.1) is 18.6 Å². The van der Waals surface area contributed by atoms with E-state index in [4.69, 9.17) is 21.1 Å². The van der Waals surface area contributed by atoms with E-state index in [0.29, 0.717) is 18.4 Å². The van der Waals surface area contributed by atoms with Gasteiger partial charge in [-0.1, -0.05) is 38.1 Å². The molecule has 1 heterocycles. The van der Waals surface area contributed by atoms with Gasteiger partial charge in [0.25, 0.3) is 0 Å². The lowest BCUT2D eigenvalue weighted by molar-refractivity contribution is -0.159. The maximum Gasteiger partial charge on any atom is 0.192 e. The first-order chi connectivity index (χ1) is 8.53. The number of halogens is 1. The summed E-state index contributed by atoms with van der Waals surface area (Å²) in [5.41, 5.74) is 2.41. The van der Waals surface area contributed by atoms with Gasteiger partial charge in [-0.2, -0.15) is 0 Å². The zero-order chi connectivity index (χ0) is 13.2. The minimum absolute atomic E-state index is 0.00740. The van der Waals surface area contributed by atoms with E-state index in [2.05, 4.69) is 38.1 Å². The molecule has 0 saturated carbocycles. The smallest absolute Gasteiger partial charge is 0.192 e. The normalized spacial score (nSPS) is 27.9. The molecule has 1 aliphatic rings. The van der Waals surface area contributed by atoms with E-state index < -0.39 is 5.79 Å². The van der Waals surface area contributed by atoms with E-state index in [9.17, 15) is 0 Å². The van der Waals surface area contributed by atoms with Crippen LogP contribution in [0.3, 0.4) is 0 Å². The zero-order valence-corrected chi connectivity index (χ0v) is 12.0. The fraction of sp³-hybridized carbons (Fsp3) is 0.600. The summed E-state index contributed by atoms with van der Waals surface area (Å²) in [4.78, 5) is 0. The Labute approximate surface area is 114 Å². The van der Waals surface area contributed by atoms with Gasteiger partial charge >= 0.3 is 0 Å². The van der Waals surface area contributed by atoms with Crippen molar-refractivity contribution >= 4 is 11.6 Å². The fourth-order valence-corrected chi connectivity index (χ4v) is 2.43. The highest BCUT2D eigenvalue weighted by atomic mass is 35.5. The number of ether oxygens (including phenoxy) is 2. The number of hydrogen-bond acceptors (Lipinski definition) is 2. The van der Waals surface area contributed by atoms with E-state index in [1.165, 1.54) is 5.56 Å². The first kappa shape index (κ1) is 13.9. The minimum Gasteiger partial charge on any atom is -0.343 e. The molecule has 0 aromatic heterocycles. The van der Waals surface area contributed by atoms with Crippen LogP contribution in [0, 0.1) is 5.92 Å². The highest BCUT2D eigenvalue weighted by Gasteiger charge is 2.38. The predicted molar refractivity (Wildman–Crippen MR) is 73.9 cm³/mol. The molecule has 0 bridgehead atoms. The third kappa shape index (κ3) is 3.05. The molecule has 1 saturated heterocycles. The average molecular weight is 269 g/mol. The Bertz CT molecular complexity index is 388. The highest BCUT2D eigenvalue weighted by Crippen LogP contribution is 2.34. The lowest BCUT2D eigenvalue weighted by atomic mass is 9.99. The summed E-state index contributed by atoms with van der Waals surface area (Å²) >= 11 is 5.80. The third-order valence-electron chi connectivity index (χ3n) is 3.23. The zero-order valence-electron chi connectivity index (χ0n) is 11.3. The quantitative estimate of drug-likeness (QED) is 0.775. The van der Waals surface area contributed by atoms with Gasteiger partial charge < -0.3 is 9.47 Å². The fourth-order valence-electron chi connectivity index (χ4n) is 2.28. The van der Waals surface area contributed by atoms with Gasteiger partial charge in [-0.15, -0.1) is 11.6 Å². The van der Waals surface area contributed by atoms with Crippen LogP contribution >= 0.6 is 11.6 Å². The van der Waals surface area contributed by atoms with Gasteiger partial charge in [-0.05, 0) is 24.8 Å². The number of hydrogen-bond donors (Lipinski definition) is 0. The summed E-state index contributed by atoms with van der Waals surface area (Å²) < 4.78 is 11.6. The van der Waals surface area contributed by atoms with E-state index in [1.54, 1.807) is 0 Å². The topological polar surface area (TPSA) is 18.5 Å². The van der Waals surface area contributed by atoms with Crippen LogP contribution in [0.5, 0.6) is 0 Å². The van der Waals surface area contributed by atoms with Crippen molar-refractivity contribution in [2.75, 3.05) is 12.5 Å². The molecular weight excluding hydrogens is 248 g/mol. The average Bonchev–Trinajstić information content (AvgIpc) is 2.72. The number of rotatable bonds is 4. The predicted octanol–water partition coefficient (Wildman–Crippen LogP) is 3.71. The van der Waals surface area contributed by atoms with E-state index in [1.807, 2.05) is 6.92 Å². The minimum atomic E-state index is -0.643. The van der Waals surface area contributed by atoms with Crippen LogP contribution in [-0.2, 0) is 21.7 Å². The molecule has 1 aromatic rings. The lowest BCUT2D eigenvalue weighted by Gasteiger charge is -2.24. The van der Waals surface area contributed by atoms with Gasteiger partial charge in [-0.3, -0.25) is 0 Å². The van der Waals surface area contributed by atoms with Crippen molar-refractivity contribution < 1.29 is 9.47 Å². The molecule has 1 fully saturated rings. The largest absolute Gasteiger partial charge is 0.343 e. The van der Waals surface area contributed by atoms with E-state index >= 15 is 0 Å². The van der Waals surface area contributed by atoms with Crippen LogP contribution in [0.25, 0.3) is 0 Å². The van der Waals surface area contributed by atoms with Crippen LogP contribution in [-0.4, -0.2) is 18.6 Å². The third-order valence-corrected chi connectivity index (χ3v) is 3.57. The van der Waals surface area contributed by atoms with Crippen LogP contribution in [0.4, 0.5) is 0 Å². The molecule has 1 aromatic carbocycles. The summed E-state index contributed by atoms with van der Waals surface area (Å²) in [6.07, 6.45) is 1.09. The number of alkyl halides is 1. The van der Waals surface area contributed by atoms with E-state index in [0.717, 1.165) is 12.0 Å². The maximum atomic E-state index is 5.85. The van der Waals surface area contributed by atoms with Crippen LogP contribution in [0.15, 0.2) is 24.3 Å². The Hall–Kier alpha value is -0.570. The molecule has 0 aliphatic carbocycles. The Morgan fingerprint density at radius 2 is 2.00 bits per heavy atom. The second kappa shape index (κ2) is 5.60. The summed E-state index contributed by atoms with van der Waals surface area (Å²) in [5, 5.41) is 0. The van der Waals surface area contributed by atoms with Gasteiger partial charge in [0.1, 0.15) is 0 Å². The van der Waals surface area contributed by atoms with Crippen molar-refractivity contribution in [3.05, 3.63) is 35.4 Å². The highest BCUT2D eigenvalue weighted by molar-refractivity contribution is 6.18. The maximum absolute atomic E-state index is 5.85. The summed E-state index contributed by atoms with van der Waals surface area (Å²) in [7, 11) is 0. The molecule has 2 rings (SSSR count). The van der Waals surface area contributed by atoms with Gasteiger partial charge in [-0.25, -0.2) is 0 Å². The summed E-state index contributed by atoms with van der Waals surface area (Å²) in [6, 6.07) is 8.49. The first-order valence-corrected chi connectivity index (χ1v) is 7.04. The molecule has 0 N–H and O–H groups in total. The molecule has 0 amide bonds. The van der Waals surface area contributed by atoms with Crippen molar-refractivity contribution in [2.24, 2.45) is 5.92 Å². The van der Waals surface area contributed by atoms with Crippen molar-refractivity contribution in [2.45, 2.75) is 39.1 Å². The molecule has 100 valence electrons. The van der Waals surface area contributed by atoms with Crippen molar-refractivity contribution in [3.8, 4) is 0 Å². The molecule has 1 aliphatic heterocycles. The number of benzene rings is 1. The Kier molecular flexibility index (Phi) is 4.31. The van der Waals surface area contributed by atoms with Crippen LogP contribution < -0.4 is 0 Å². The van der Waals surface area contributed by atoms with Gasteiger partial charge in [0, 0.05) is 5.56 Å². The monoisotopic (exact) mass is 268 g/mol. The van der Waals surface area contributed by atoms with Crippen molar-refractivity contribution in [1.29, 1.82) is 0 Å². The molecule has 3 heteroatoms. The Morgan fingerprint density at radius 3 is 2.50 bits per heavy atom. The molecular formula is C15H21ClO2.